The molecule has 1 aromatic carbocycles. The molecule has 0 bridgehead atoms. The van der Waals surface area contributed by atoms with Crippen molar-refractivity contribution in [1.82, 2.24) is 14.5 Å². The van der Waals surface area contributed by atoms with Gasteiger partial charge in [0.15, 0.2) is 0 Å². The van der Waals surface area contributed by atoms with Crippen molar-refractivity contribution in [2.24, 2.45) is 11.1 Å². The molecule has 10 heteroatoms. The van der Waals surface area contributed by atoms with E-state index in [9.17, 15) is 13.5 Å². The van der Waals surface area contributed by atoms with E-state index in [2.05, 4.69) is 39.6 Å². The van der Waals surface area contributed by atoms with Gasteiger partial charge in [0.1, 0.15) is 17.8 Å². The molecule has 4 atom stereocenters. The summed E-state index contributed by atoms with van der Waals surface area (Å²) in [4.78, 5) is 8.97. The highest BCUT2D eigenvalue weighted by Crippen LogP contribution is 2.39. The van der Waals surface area contributed by atoms with Gasteiger partial charge in [0.05, 0.1) is 24.1 Å². The minimum atomic E-state index is -4.03. The third-order valence-corrected chi connectivity index (χ3v) is 6.89. The minimum Gasteiger partial charge on any atom is -0.393 e. The third kappa shape index (κ3) is 4.03. The van der Waals surface area contributed by atoms with E-state index in [1.54, 1.807) is 6.33 Å². The second-order valence-electron chi connectivity index (χ2n) is 8.35. The van der Waals surface area contributed by atoms with Crippen molar-refractivity contribution in [3.05, 3.63) is 54.0 Å². The van der Waals surface area contributed by atoms with E-state index in [4.69, 9.17) is 9.32 Å². The molecule has 0 saturated heterocycles. The molecule has 31 heavy (non-hydrogen) atoms. The SMILES string of the molecule is NS(=O)(=O)OCC1C[C@@H](n2ccc3c(N[C@H]4CCc5ccccc54)ncnc32)C[C@H]1O. The number of benzene rings is 1. The number of anilines is 1. The Kier molecular flexibility index (Phi) is 5.17. The Morgan fingerprint density at radius 1 is 1.23 bits per heavy atom. The largest absolute Gasteiger partial charge is 0.393 e. The number of rotatable bonds is 6. The Morgan fingerprint density at radius 2 is 2.06 bits per heavy atom. The Hall–Kier alpha value is -2.53. The molecule has 0 amide bonds. The number of hydrogen-bond donors (Lipinski definition) is 3. The molecule has 9 nitrogen and oxygen atoms in total. The van der Waals surface area contributed by atoms with Crippen LogP contribution in [0.4, 0.5) is 5.82 Å². The average molecular weight is 444 g/mol. The fraction of sp³-hybridized carbons (Fsp3) is 0.429. The quantitative estimate of drug-likeness (QED) is 0.531. The number of aryl methyl sites for hydroxylation is 1. The summed E-state index contributed by atoms with van der Waals surface area (Å²) in [5.74, 6) is 0.480. The van der Waals surface area contributed by atoms with Crippen LogP contribution in [0.1, 0.15) is 42.5 Å². The molecule has 2 aliphatic rings. The summed E-state index contributed by atoms with van der Waals surface area (Å²) in [5.41, 5.74) is 3.47. The lowest BCUT2D eigenvalue weighted by Crippen LogP contribution is -2.24. The molecule has 2 aromatic heterocycles. The summed E-state index contributed by atoms with van der Waals surface area (Å²) in [7, 11) is -4.03. The van der Waals surface area contributed by atoms with Gasteiger partial charge in [-0.2, -0.15) is 8.42 Å². The Balaban J connectivity index is 1.37. The Labute approximate surface area is 180 Å². The van der Waals surface area contributed by atoms with Crippen LogP contribution in [0.25, 0.3) is 11.0 Å². The second kappa shape index (κ2) is 7.86. The van der Waals surface area contributed by atoms with E-state index in [-0.39, 0.29) is 24.6 Å². The molecule has 1 saturated carbocycles. The van der Waals surface area contributed by atoms with Gasteiger partial charge in [-0.25, -0.2) is 15.1 Å². The van der Waals surface area contributed by atoms with Crippen molar-refractivity contribution >= 4 is 27.2 Å². The number of aliphatic hydroxyl groups excluding tert-OH is 1. The zero-order valence-corrected chi connectivity index (χ0v) is 17.7. The van der Waals surface area contributed by atoms with Crippen LogP contribution in [-0.2, 0) is 20.9 Å². The van der Waals surface area contributed by atoms with Crippen LogP contribution in [0.3, 0.4) is 0 Å². The predicted molar refractivity (Wildman–Crippen MR) is 115 cm³/mol. The molecule has 4 N–H and O–H groups in total. The van der Waals surface area contributed by atoms with Crippen LogP contribution in [0.15, 0.2) is 42.9 Å². The van der Waals surface area contributed by atoms with Crippen LogP contribution in [0.5, 0.6) is 0 Å². The standard InChI is InChI=1S/C21H25N5O4S/c22-31(28,29)30-11-14-9-15(10-19(14)27)26-8-7-17-20(23-12-24-21(17)26)25-18-6-5-13-3-1-2-4-16(13)18/h1-4,7-8,12,14-15,18-19,27H,5-6,9-11H2,(H2,22,28,29)(H,23,24,25)/t14?,15-,18+,19-/m1/s1. The van der Waals surface area contributed by atoms with E-state index in [1.165, 1.54) is 11.1 Å². The van der Waals surface area contributed by atoms with Gasteiger partial charge in [-0.05, 0) is 42.9 Å². The number of hydrogen-bond acceptors (Lipinski definition) is 7. The molecule has 2 aliphatic carbocycles. The van der Waals surface area contributed by atoms with Crippen molar-refractivity contribution in [3.8, 4) is 0 Å². The van der Waals surface area contributed by atoms with Crippen molar-refractivity contribution in [2.75, 3.05) is 11.9 Å². The second-order valence-corrected chi connectivity index (χ2v) is 9.57. The summed E-state index contributed by atoms with van der Waals surface area (Å²) in [6, 6.07) is 10.6. The van der Waals surface area contributed by atoms with Crippen molar-refractivity contribution < 1.29 is 17.7 Å². The van der Waals surface area contributed by atoms with Gasteiger partial charge in [-0.15, -0.1) is 0 Å². The van der Waals surface area contributed by atoms with E-state index in [0.717, 1.165) is 29.7 Å². The summed E-state index contributed by atoms with van der Waals surface area (Å²) in [6.07, 6.45) is 5.96. The Bertz CT molecular complexity index is 1210. The molecular weight excluding hydrogens is 418 g/mol. The van der Waals surface area contributed by atoms with Crippen molar-refractivity contribution in [3.63, 3.8) is 0 Å². The number of nitrogens with zero attached hydrogens (tertiary/aromatic N) is 3. The maximum Gasteiger partial charge on any atom is 0.333 e. The predicted octanol–water partition coefficient (Wildman–Crippen LogP) is 2.06. The number of nitrogens with two attached hydrogens (primary N) is 1. The summed E-state index contributed by atoms with van der Waals surface area (Å²) >= 11 is 0. The highest BCUT2D eigenvalue weighted by atomic mass is 32.2. The van der Waals surface area contributed by atoms with Gasteiger partial charge in [-0.1, -0.05) is 24.3 Å². The minimum absolute atomic E-state index is 0.0171. The Morgan fingerprint density at radius 3 is 2.90 bits per heavy atom. The molecule has 5 rings (SSSR count). The molecule has 0 radical (unpaired) electrons. The lowest BCUT2D eigenvalue weighted by atomic mass is 10.1. The van der Waals surface area contributed by atoms with E-state index < -0.39 is 16.4 Å². The van der Waals surface area contributed by atoms with Crippen LogP contribution in [0.2, 0.25) is 0 Å². The van der Waals surface area contributed by atoms with Crippen molar-refractivity contribution in [2.45, 2.75) is 43.9 Å². The first-order chi connectivity index (χ1) is 14.9. The zero-order chi connectivity index (χ0) is 21.6. The van der Waals surface area contributed by atoms with Gasteiger partial charge < -0.3 is 15.0 Å². The smallest absolute Gasteiger partial charge is 0.333 e. The van der Waals surface area contributed by atoms with Crippen LogP contribution < -0.4 is 10.5 Å². The number of aliphatic hydroxyl groups is 1. The fourth-order valence-corrected chi connectivity index (χ4v) is 5.28. The molecule has 1 unspecified atom stereocenters. The lowest BCUT2D eigenvalue weighted by molar-refractivity contribution is 0.100. The number of aromatic nitrogens is 3. The maximum atomic E-state index is 11.1. The van der Waals surface area contributed by atoms with E-state index in [1.807, 2.05) is 16.8 Å². The molecule has 0 spiro atoms. The summed E-state index contributed by atoms with van der Waals surface area (Å²) in [6.45, 7) is -0.126. The molecule has 2 heterocycles. The fourth-order valence-electron chi connectivity index (χ4n) is 4.92. The molecule has 164 valence electrons. The van der Waals surface area contributed by atoms with Crippen LogP contribution in [0, 0.1) is 5.92 Å². The van der Waals surface area contributed by atoms with Gasteiger partial charge in [0, 0.05) is 18.2 Å². The van der Waals surface area contributed by atoms with Gasteiger partial charge in [-0.3, -0.25) is 4.18 Å². The summed E-state index contributed by atoms with van der Waals surface area (Å²) in [5, 5.41) is 19.8. The van der Waals surface area contributed by atoms with Crippen molar-refractivity contribution in [1.29, 1.82) is 0 Å². The van der Waals surface area contributed by atoms with E-state index in [0.29, 0.717) is 12.8 Å². The lowest BCUT2D eigenvalue weighted by Gasteiger charge is -2.16. The zero-order valence-electron chi connectivity index (χ0n) is 16.9. The molecule has 1 fully saturated rings. The van der Waals surface area contributed by atoms with Crippen LogP contribution >= 0.6 is 0 Å². The molecule has 3 aromatic rings. The topological polar surface area (TPSA) is 132 Å². The molecular formula is C21H25N5O4S. The first-order valence-corrected chi connectivity index (χ1v) is 11.9. The first-order valence-electron chi connectivity index (χ1n) is 10.4. The molecule has 0 aliphatic heterocycles. The average Bonchev–Trinajstić information content (AvgIpc) is 3.43. The third-order valence-electron chi connectivity index (χ3n) is 6.43. The maximum absolute atomic E-state index is 11.1. The number of fused-ring (bicyclic) bond motifs is 2. The summed E-state index contributed by atoms with van der Waals surface area (Å²) < 4.78 is 28.9. The van der Waals surface area contributed by atoms with Gasteiger partial charge >= 0.3 is 10.3 Å². The first kappa shape index (κ1) is 20.4. The normalized spacial score (nSPS) is 25.7. The van der Waals surface area contributed by atoms with Crippen LogP contribution in [-0.4, -0.2) is 40.8 Å². The van der Waals surface area contributed by atoms with E-state index >= 15 is 0 Å². The number of nitrogens with one attached hydrogen (secondary N) is 1. The van der Waals surface area contributed by atoms with Gasteiger partial charge in [0.25, 0.3) is 0 Å². The monoisotopic (exact) mass is 443 g/mol. The van der Waals surface area contributed by atoms with Gasteiger partial charge in [0.2, 0.25) is 0 Å². The highest BCUT2D eigenvalue weighted by Gasteiger charge is 2.35. The highest BCUT2D eigenvalue weighted by molar-refractivity contribution is 7.84.